The minimum Gasteiger partial charge on any atom is -0.393 e. The minimum absolute atomic E-state index is 0.0307. The molecule has 1 amide bonds. The molecular weight excluding hydrogens is 471 g/mol. The van der Waals surface area contributed by atoms with Gasteiger partial charge in [-0.15, -0.1) is 0 Å². The highest BCUT2D eigenvalue weighted by molar-refractivity contribution is 6.30. The van der Waals surface area contributed by atoms with Crippen molar-refractivity contribution in [1.29, 1.82) is 0 Å². The van der Waals surface area contributed by atoms with Crippen molar-refractivity contribution in [2.75, 3.05) is 7.05 Å². The minimum atomic E-state index is -0.987. The largest absolute Gasteiger partial charge is 0.393 e. The quantitative estimate of drug-likeness (QED) is 0.345. The first-order valence-electron chi connectivity index (χ1n) is 11.7. The maximum absolute atomic E-state index is 13.7. The van der Waals surface area contributed by atoms with Gasteiger partial charge in [0.2, 0.25) is 5.91 Å². The number of rotatable bonds is 12. The number of nitrogens with one attached hydrogen (secondary N) is 1. The maximum atomic E-state index is 13.7. The zero-order valence-corrected chi connectivity index (χ0v) is 21.9. The van der Waals surface area contributed by atoms with E-state index in [1.165, 1.54) is 0 Å². The molecule has 0 saturated heterocycles. The van der Waals surface area contributed by atoms with Crippen molar-refractivity contribution in [1.82, 2.24) is 5.32 Å². The van der Waals surface area contributed by atoms with E-state index in [4.69, 9.17) is 28.9 Å². The molecule has 0 radical (unpaired) electrons. The molecule has 2 aromatic carbocycles. The number of hydrogen-bond acceptors (Lipinski definition) is 4. The summed E-state index contributed by atoms with van der Waals surface area (Å²) in [5.74, 6) is -0.735. The third-order valence-electron chi connectivity index (χ3n) is 6.79. The van der Waals surface area contributed by atoms with Gasteiger partial charge in [-0.1, -0.05) is 67.7 Å². The van der Waals surface area contributed by atoms with Crippen LogP contribution in [0.3, 0.4) is 0 Å². The Bertz CT molecular complexity index is 965. The summed E-state index contributed by atoms with van der Waals surface area (Å²) in [6, 6.07) is 14.3. The average molecular weight is 508 g/mol. The Labute approximate surface area is 213 Å². The molecule has 0 aliphatic carbocycles. The summed E-state index contributed by atoms with van der Waals surface area (Å²) >= 11 is 12.4. The van der Waals surface area contributed by atoms with E-state index in [-0.39, 0.29) is 36.4 Å². The topological polar surface area (TPSA) is 92.4 Å². The Balaban J connectivity index is 2.51. The third-order valence-corrected chi connectivity index (χ3v) is 7.28. The number of nitrogens with two attached hydrogens (primary N) is 1. The highest BCUT2D eigenvalue weighted by atomic mass is 35.5. The second-order valence-electron chi connectivity index (χ2n) is 9.39. The highest BCUT2D eigenvalue weighted by Crippen LogP contribution is 2.43. The molecule has 186 valence electrons. The fourth-order valence-electron chi connectivity index (χ4n) is 4.46. The Hall–Kier alpha value is -1.92. The predicted octanol–water partition coefficient (Wildman–Crippen LogP) is 5.68. The molecule has 0 aliphatic heterocycles. The van der Waals surface area contributed by atoms with Crippen LogP contribution in [0, 0.1) is 11.3 Å². The summed E-state index contributed by atoms with van der Waals surface area (Å²) in [4.78, 5) is 26.1. The lowest BCUT2D eigenvalue weighted by Gasteiger charge is -2.36. The fraction of sp³-hybridized carbons (Fsp3) is 0.481. The van der Waals surface area contributed by atoms with Gasteiger partial charge in [0.25, 0.3) is 0 Å². The third kappa shape index (κ3) is 7.54. The smallest absolute Gasteiger partial charge is 0.220 e. The average Bonchev–Trinajstić information content (AvgIpc) is 2.80. The lowest BCUT2D eigenvalue weighted by Crippen LogP contribution is -2.39. The molecule has 0 bridgehead atoms. The summed E-state index contributed by atoms with van der Waals surface area (Å²) in [5, 5.41) is 14.0. The number of amides is 1. The van der Waals surface area contributed by atoms with E-state index >= 15 is 0 Å². The van der Waals surface area contributed by atoms with Gasteiger partial charge in [-0.25, -0.2) is 0 Å². The summed E-state index contributed by atoms with van der Waals surface area (Å²) in [5.41, 5.74) is 7.56. The van der Waals surface area contributed by atoms with Crippen molar-refractivity contribution in [3.05, 3.63) is 69.7 Å². The van der Waals surface area contributed by atoms with Gasteiger partial charge >= 0.3 is 0 Å². The lowest BCUT2D eigenvalue weighted by atomic mass is 9.68. The molecule has 7 heteroatoms. The number of carbonyl (C=O) groups excluding carboxylic acids is 2. The SMILES string of the molecule is CC[C@H](CC(=O)[C@@](C)(CC(=O)NC)C[C@H](c1cccc(Cl)c1)[C@H](N)c1ccc(Cl)cc1)[C@H](C)O. The zero-order chi connectivity index (χ0) is 25.5. The molecule has 2 aromatic rings. The molecule has 0 aromatic heterocycles. The van der Waals surface area contributed by atoms with Gasteiger partial charge in [0.15, 0.2) is 0 Å². The number of ketones is 1. The van der Waals surface area contributed by atoms with Crippen molar-refractivity contribution in [3.8, 4) is 0 Å². The first-order valence-corrected chi connectivity index (χ1v) is 12.4. The van der Waals surface area contributed by atoms with E-state index < -0.39 is 17.6 Å². The van der Waals surface area contributed by atoms with E-state index in [1.54, 1.807) is 32.2 Å². The Morgan fingerprint density at radius 1 is 1.09 bits per heavy atom. The van der Waals surface area contributed by atoms with Crippen LogP contribution in [0.1, 0.15) is 69.5 Å². The Morgan fingerprint density at radius 3 is 2.26 bits per heavy atom. The molecule has 5 nitrogen and oxygen atoms in total. The second kappa shape index (κ2) is 12.7. The normalized spacial score (nSPS) is 16.7. The summed E-state index contributed by atoms with van der Waals surface area (Å²) < 4.78 is 0. The number of benzene rings is 2. The highest BCUT2D eigenvalue weighted by Gasteiger charge is 2.40. The molecule has 34 heavy (non-hydrogen) atoms. The van der Waals surface area contributed by atoms with Gasteiger partial charge in [0.1, 0.15) is 5.78 Å². The molecule has 0 heterocycles. The van der Waals surface area contributed by atoms with Crippen molar-refractivity contribution < 1.29 is 14.7 Å². The summed E-state index contributed by atoms with van der Waals surface area (Å²) in [7, 11) is 1.56. The summed E-state index contributed by atoms with van der Waals surface area (Å²) in [6.45, 7) is 5.47. The van der Waals surface area contributed by atoms with Crippen LogP contribution >= 0.6 is 23.2 Å². The van der Waals surface area contributed by atoms with E-state index in [9.17, 15) is 14.7 Å². The van der Waals surface area contributed by atoms with Crippen LogP contribution in [0.4, 0.5) is 0 Å². The molecule has 0 unspecified atom stereocenters. The van der Waals surface area contributed by atoms with Crippen LogP contribution in [0.5, 0.6) is 0 Å². The van der Waals surface area contributed by atoms with Crippen LogP contribution in [0.2, 0.25) is 10.0 Å². The van der Waals surface area contributed by atoms with Crippen LogP contribution < -0.4 is 11.1 Å². The monoisotopic (exact) mass is 506 g/mol. The van der Waals surface area contributed by atoms with Crippen molar-refractivity contribution in [2.24, 2.45) is 17.1 Å². The predicted molar refractivity (Wildman–Crippen MR) is 139 cm³/mol. The van der Waals surface area contributed by atoms with Crippen molar-refractivity contribution in [2.45, 2.75) is 64.5 Å². The maximum Gasteiger partial charge on any atom is 0.220 e. The van der Waals surface area contributed by atoms with Crippen LogP contribution in [0.25, 0.3) is 0 Å². The van der Waals surface area contributed by atoms with Crippen molar-refractivity contribution >= 4 is 34.9 Å². The number of Topliss-reactive ketones (excluding diaryl/α,β-unsaturated/α-hetero) is 1. The Kier molecular flexibility index (Phi) is 10.6. The first-order chi connectivity index (χ1) is 16.0. The van der Waals surface area contributed by atoms with Gasteiger partial charge in [0.05, 0.1) is 6.10 Å². The number of aliphatic hydroxyl groups is 1. The Morgan fingerprint density at radius 2 is 1.74 bits per heavy atom. The second-order valence-corrected chi connectivity index (χ2v) is 10.3. The first kappa shape index (κ1) is 28.3. The molecule has 0 saturated carbocycles. The number of aliphatic hydroxyl groups excluding tert-OH is 1. The van der Waals surface area contributed by atoms with Crippen LogP contribution in [0.15, 0.2) is 48.5 Å². The molecule has 4 N–H and O–H groups in total. The van der Waals surface area contributed by atoms with E-state index in [2.05, 4.69) is 5.32 Å². The van der Waals surface area contributed by atoms with Crippen LogP contribution in [-0.4, -0.2) is 29.9 Å². The van der Waals surface area contributed by atoms with Gasteiger partial charge < -0.3 is 16.2 Å². The van der Waals surface area contributed by atoms with E-state index in [0.29, 0.717) is 22.9 Å². The molecule has 2 rings (SSSR count). The molecule has 0 spiro atoms. The molecule has 5 atom stereocenters. The lowest BCUT2D eigenvalue weighted by molar-refractivity contribution is -0.136. The standard InChI is InChI=1S/C27H36Cl2N2O3/c1-5-18(17(2)32)14-24(33)27(3,16-25(34)31-4)15-23(20-7-6-8-22(29)13-20)26(30)19-9-11-21(28)12-10-19/h6-13,17-18,23,26,32H,5,14-16,30H2,1-4H3,(H,31,34)/t17-,18+,23+,26+,27+/m0/s1. The van der Waals surface area contributed by atoms with Crippen LogP contribution in [-0.2, 0) is 9.59 Å². The molecule has 0 fully saturated rings. The van der Waals surface area contributed by atoms with Crippen molar-refractivity contribution in [3.63, 3.8) is 0 Å². The number of carbonyl (C=O) groups is 2. The molecular formula is C27H36Cl2N2O3. The number of hydrogen-bond donors (Lipinski definition) is 3. The number of halogens is 2. The molecule has 0 aliphatic rings. The zero-order valence-electron chi connectivity index (χ0n) is 20.4. The van der Waals surface area contributed by atoms with Gasteiger partial charge in [-0.3, -0.25) is 9.59 Å². The van der Waals surface area contributed by atoms with E-state index in [1.807, 2.05) is 44.2 Å². The van der Waals surface area contributed by atoms with E-state index in [0.717, 1.165) is 11.1 Å². The van der Waals surface area contributed by atoms with Gasteiger partial charge in [-0.05, 0) is 54.7 Å². The van der Waals surface area contributed by atoms with Gasteiger partial charge in [-0.2, -0.15) is 0 Å². The summed E-state index contributed by atoms with van der Waals surface area (Å²) in [6.07, 6.45) is 0.628. The fourth-order valence-corrected chi connectivity index (χ4v) is 4.78. The van der Waals surface area contributed by atoms with Gasteiger partial charge in [0, 0.05) is 47.3 Å².